The van der Waals surface area contributed by atoms with Gasteiger partial charge in [-0.05, 0) is 0 Å². The number of amides is 2. The van der Waals surface area contributed by atoms with Crippen LogP contribution in [-0.2, 0) is 0 Å². The first-order chi connectivity index (χ1) is 4.31. The van der Waals surface area contributed by atoms with Gasteiger partial charge in [0.1, 0.15) is 0 Å². The van der Waals surface area contributed by atoms with Gasteiger partial charge in [0.15, 0.2) is 0 Å². The molecule has 0 saturated carbocycles. The van der Waals surface area contributed by atoms with Crippen LogP contribution in [0, 0.1) is 11.3 Å². The van der Waals surface area contributed by atoms with Crippen LogP contribution in [0.4, 0.5) is 4.79 Å². The summed E-state index contributed by atoms with van der Waals surface area (Å²) in [6.07, 6.45) is 2.44. The number of carbonyl (C=O) groups is 1. The lowest BCUT2D eigenvalue weighted by atomic mass is 10.7. The molecule has 0 aromatic rings. The third-order valence-electron chi connectivity index (χ3n) is 0.599. The van der Waals surface area contributed by atoms with E-state index in [9.17, 15) is 4.79 Å². The Kier molecular flexibility index (Phi) is 3.88. The molecule has 0 fully saturated rings. The Balaban J connectivity index is 3.41. The molecular formula is C5H7N3O. The summed E-state index contributed by atoms with van der Waals surface area (Å²) < 4.78 is 0. The molecule has 0 unspecified atom stereocenters. The maximum atomic E-state index is 10.3. The number of hydrogen-bond acceptors (Lipinski definition) is 2. The van der Waals surface area contributed by atoms with Crippen molar-refractivity contribution in [3.8, 4) is 6.07 Å². The van der Waals surface area contributed by atoms with E-state index in [2.05, 4.69) is 10.6 Å². The Morgan fingerprint density at radius 1 is 1.78 bits per heavy atom. The van der Waals surface area contributed by atoms with Crippen LogP contribution in [0.15, 0.2) is 12.3 Å². The second-order valence-corrected chi connectivity index (χ2v) is 1.19. The average molecular weight is 125 g/mol. The summed E-state index contributed by atoms with van der Waals surface area (Å²) in [5.74, 6) is 0. The molecule has 48 valence electrons. The maximum Gasteiger partial charge on any atom is 0.318 e. The lowest BCUT2D eigenvalue weighted by Gasteiger charge is -1.93. The second-order valence-electron chi connectivity index (χ2n) is 1.19. The second kappa shape index (κ2) is 4.65. The number of nitrogens with one attached hydrogen (secondary N) is 2. The monoisotopic (exact) mass is 125 g/mol. The minimum absolute atomic E-state index is 0.332. The topological polar surface area (TPSA) is 64.9 Å². The first-order valence-electron chi connectivity index (χ1n) is 2.34. The zero-order valence-electron chi connectivity index (χ0n) is 5.01. The van der Waals surface area contributed by atoms with Crippen LogP contribution in [0.2, 0.25) is 0 Å². The highest BCUT2D eigenvalue weighted by atomic mass is 16.2. The minimum Gasteiger partial charge on any atom is -0.341 e. The van der Waals surface area contributed by atoms with E-state index < -0.39 is 0 Å². The number of nitrogens with zero attached hydrogens (tertiary/aromatic N) is 1. The van der Waals surface area contributed by atoms with Gasteiger partial charge in [-0.25, -0.2) is 4.79 Å². The first-order valence-corrected chi connectivity index (χ1v) is 2.34. The fourth-order valence-corrected chi connectivity index (χ4v) is 0.227. The van der Waals surface area contributed by atoms with E-state index in [4.69, 9.17) is 5.26 Å². The standard InChI is InChI=1S/C5H7N3O/c1-7-5(9)8-4-2-3-6/h2,4H,1H3,(H2,7,8,9). The Morgan fingerprint density at radius 2 is 2.44 bits per heavy atom. The van der Waals surface area contributed by atoms with Crippen LogP contribution in [-0.4, -0.2) is 13.1 Å². The van der Waals surface area contributed by atoms with Crippen LogP contribution < -0.4 is 10.6 Å². The summed E-state index contributed by atoms with van der Waals surface area (Å²) in [6.45, 7) is 0. The Morgan fingerprint density at radius 3 is 2.89 bits per heavy atom. The molecule has 0 atom stereocenters. The summed E-state index contributed by atoms with van der Waals surface area (Å²) in [4.78, 5) is 10.3. The number of rotatable bonds is 1. The molecule has 2 amide bonds. The molecule has 0 aliphatic carbocycles. The van der Waals surface area contributed by atoms with Crippen LogP contribution >= 0.6 is 0 Å². The fourth-order valence-electron chi connectivity index (χ4n) is 0.227. The van der Waals surface area contributed by atoms with Crippen LogP contribution in [0.1, 0.15) is 0 Å². The predicted molar refractivity (Wildman–Crippen MR) is 32.3 cm³/mol. The molecule has 0 saturated heterocycles. The van der Waals surface area contributed by atoms with Crippen LogP contribution in [0.3, 0.4) is 0 Å². The van der Waals surface area contributed by atoms with E-state index >= 15 is 0 Å². The highest BCUT2D eigenvalue weighted by molar-refractivity contribution is 5.74. The van der Waals surface area contributed by atoms with Gasteiger partial charge in [0.05, 0.1) is 6.07 Å². The summed E-state index contributed by atoms with van der Waals surface area (Å²) in [7, 11) is 1.50. The van der Waals surface area contributed by atoms with Gasteiger partial charge in [0, 0.05) is 19.3 Å². The molecule has 2 N–H and O–H groups in total. The first kappa shape index (κ1) is 7.50. The molecule has 0 rings (SSSR count). The molecule has 0 aliphatic rings. The van der Waals surface area contributed by atoms with Crippen molar-refractivity contribution in [1.82, 2.24) is 10.6 Å². The van der Waals surface area contributed by atoms with Crippen molar-refractivity contribution in [1.29, 1.82) is 5.26 Å². The van der Waals surface area contributed by atoms with Gasteiger partial charge in [-0.1, -0.05) is 0 Å². The minimum atomic E-state index is -0.332. The summed E-state index contributed by atoms with van der Waals surface area (Å²) >= 11 is 0. The molecular weight excluding hydrogens is 118 g/mol. The molecule has 0 spiro atoms. The lowest BCUT2D eigenvalue weighted by molar-refractivity contribution is 0.246. The van der Waals surface area contributed by atoms with Gasteiger partial charge in [-0.15, -0.1) is 0 Å². The van der Waals surface area contributed by atoms with Crippen molar-refractivity contribution >= 4 is 6.03 Å². The quantitative estimate of drug-likeness (QED) is 0.482. The summed E-state index contributed by atoms with van der Waals surface area (Å²) in [5.41, 5.74) is 0. The number of urea groups is 1. The SMILES string of the molecule is CNC(=O)NC=CC#N. The van der Waals surface area contributed by atoms with Crippen molar-refractivity contribution in [3.63, 3.8) is 0 Å². The number of carbonyl (C=O) groups excluding carboxylic acids is 1. The number of allylic oxidation sites excluding steroid dienone is 1. The van der Waals surface area contributed by atoms with E-state index in [-0.39, 0.29) is 6.03 Å². The van der Waals surface area contributed by atoms with Crippen molar-refractivity contribution in [2.24, 2.45) is 0 Å². The van der Waals surface area contributed by atoms with E-state index in [1.165, 1.54) is 19.3 Å². The molecule has 0 aromatic carbocycles. The molecule has 0 bridgehead atoms. The zero-order valence-corrected chi connectivity index (χ0v) is 5.01. The highest BCUT2D eigenvalue weighted by Gasteiger charge is 1.85. The van der Waals surface area contributed by atoms with E-state index in [1.54, 1.807) is 6.07 Å². The Bertz CT molecular complexity index is 156. The molecule has 0 heterocycles. The fraction of sp³-hybridized carbons (Fsp3) is 0.200. The lowest BCUT2D eigenvalue weighted by Crippen LogP contribution is -2.28. The van der Waals surface area contributed by atoms with Gasteiger partial charge in [0.25, 0.3) is 0 Å². The molecule has 0 aromatic heterocycles. The number of nitriles is 1. The van der Waals surface area contributed by atoms with E-state index in [1.807, 2.05) is 0 Å². The van der Waals surface area contributed by atoms with Crippen molar-refractivity contribution in [2.45, 2.75) is 0 Å². The van der Waals surface area contributed by atoms with E-state index in [0.29, 0.717) is 0 Å². The summed E-state index contributed by atoms with van der Waals surface area (Å²) in [5, 5.41) is 12.5. The van der Waals surface area contributed by atoms with Gasteiger partial charge >= 0.3 is 6.03 Å². The molecule has 4 nitrogen and oxygen atoms in total. The van der Waals surface area contributed by atoms with Gasteiger partial charge in [-0.3, -0.25) is 0 Å². The largest absolute Gasteiger partial charge is 0.341 e. The van der Waals surface area contributed by atoms with Gasteiger partial charge < -0.3 is 10.6 Å². The Labute approximate surface area is 53.2 Å². The van der Waals surface area contributed by atoms with Crippen molar-refractivity contribution < 1.29 is 4.79 Å². The van der Waals surface area contributed by atoms with Crippen molar-refractivity contribution in [2.75, 3.05) is 7.05 Å². The van der Waals surface area contributed by atoms with Crippen LogP contribution in [0.25, 0.3) is 0 Å². The predicted octanol–water partition coefficient (Wildman–Crippen LogP) is -0.0473. The third-order valence-corrected chi connectivity index (χ3v) is 0.599. The Hall–Kier alpha value is -1.50. The normalized spacial score (nSPS) is 8.44. The number of hydrogen-bond donors (Lipinski definition) is 2. The van der Waals surface area contributed by atoms with E-state index in [0.717, 1.165) is 0 Å². The smallest absolute Gasteiger partial charge is 0.318 e. The summed E-state index contributed by atoms with van der Waals surface area (Å²) in [6, 6.07) is 1.39. The van der Waals surface area contributed by atoms with Crippen LogP contribution in [0.5, 0.6) is 0 Å². The molecule has 0 radical (unpaired) electrons. The molecule has 9 heavy (non-hydrogen) atoms. The van der Waals surface area contributed by atoms with Crippen molar-refractivity contribution in [3.05, 3.63) is 12.3 Å². The zero-order chi connectivity index (χ0) is 7.11. The molecule has 0 aliphatic heterocycles. The highest BCUT2D eigenvalue weighted by Crippen LogP contribution is 1.63. The maximum absolute atomic E-state index is 10.3. The third kappa shape index (κ3) is 4.35. The average Bonchev–Trinajstić information content (AvgIpc) is 1.89. The van der Waals surface area contributed by atoms with Gasteiger partial charge in [-0.2, -0.15) is 5.26 Å². The van der Waals surface area contributed by atoms with Gasteiger partial charge in [0.2, 0.25) is 0 Å². The molecule has 4 heteroatoms.